The molecule has 11 heteroatoms. The summed E-state index contributed by atoms with van der Waals surface area (Å²) in [7, 11) is 2.15. The fraction of sp³-hybridized carbons (Fsp3) is 0.489. The molecule has 4 unspecified atom stereocenters. The van der Waals surface area contributed by atoms with E-state index in [4.69, 9.17) is 29.4 Å². The van der Waals surface area contributed by atoms with E-state index in [-0.39, 0.29) is 11.8 Å². The number of amides is 2. The van der Waals surface area contributed by atoms with Gasteiger partial charge in [-0.1, -0.05) is 78.9 Å². The van der Waals surface area contributed by atoms with Gasteiger partial charge in [0.25, 0.3) is 0 Å². The van der Waals surface area contributed by atoms with Crippen LogP contribution in [0.3, 0.4) is 0 Å². The first kappa shape index (κ1) is 42.9. The molecular weight excluding hydrogens is 733 g/mol. The summed E-state index contributed by atoms with van der Waals surface area (Å²) >= 11 is 0. The number of piperidine rings is 1. The van der Waals surface area contributed by atoms with Gasteiger partial charge in [-0.15, -0.1) is 0 Å². The Bertz CT molecular complexity index is 1880. The van der Waals surface area contributed by atoms with Gasteiger partial charge < -0.3 is 44.1 Å². The van der Waals surface area contributed by atoms with Crippen molar-refractivity contribution in [2.75, 3.05) is 66.1 Å². The average Bonchev–Trinajstić information content (AvgIpc) is 3.21. The molecule has 4 aromatic carbocycles. The molecule has 2 amide bonds. The van der Waals surface area contributed by atoms with Crippen LogP contribution in [0.15, 0.2) is 97.1 Å². The number of nitrogens with two attached hydrogens (primary N) is 1. The Hall–Kier alpha value is -4.68. The summed E-state index contributed by atoms with van der Waals surface area (Å²) in [6.45, 7) is 13.1. The smallest absolute Gasteiger partial charge is 0.410 e. The summed E-state index contributed by atoms with van der Waals surface area (Å²) in [6.07, 6.45) is -0.137. The molecule has 2 aliphatic heterocycles. The Balaban J connectivity index is 1.23. The van der Waals surface area contributed by atoms with Gasteiger partial charge in [-0.25, -0.2) is 9.59 Å². The minimum atomic E-state index is -0.831. The van der Waals surface area contributed by atoms with Crippen LogP contribution in [0.5, 0.6) is 5.75 Å². The topological polar surface area (TPSA) is 116 Å². The lowest BCUT2D eigenvalue weighted by Crippen LogP contribution is -2.55. The second-order valence-corrected chi connectivity index (χ2v) is 16.7. The molecule has 2 N–H and O–H groups in total. The van der Waals surface area contributed by atoms with Gasteiger partial charge in [0.2, 0.25) is 0 Å². The first-order chi connectivity index (χ1) is 28.0. The number of piperazine rings is 1. The van der Waals surface area contributed by atoms with Crippen LogP contribution in [-0.2, 0) is 32.2 Å². The maximum absolute atomic E-state index is 13.8. The van der Waals surface area contributed by atoms with Crippen molar-refractivity contribution in [2.45, 2.75) is 77.0 Å². The van der Waals surface area contributed by atoms with Crippen molar-refractivity contribution in [3.63, 3.8) is 0 Å². The van der Waals surface area contributed by atoms with Crippen LogP contribution < -0.4 is 10.5 Å². The van der Waals surface area contributed by atoms with Gasteiger partial charge in [-0.05, 0) is 92.9 Å². The molecule has 312 valence electrons. The van der Waals surface area contributed by atoms with E-state index in [0.29, 0.717) is 45.9 Å². The summed E-state index contributed by atoms with van der Waals surface area (Å²) in [5.41, 5.74) is 8.28. The number of hydrogen-bond donors (Lipinski definition) is 1. The Morgan fingerprint density at radius 3 is 2.24 bits per heavy atom. The Kier molecular flexibility index (Phi) is 15.4. The van der Waals surface area contributed by atoms with E-state index in [0.717, 1.165) is 78.8 Å². The molecule has 2 fully saturated rings. The third kappa shape index (κ3) is 12.9. The minimum Gasteiger partial charge on any atom is -0.494 e. The van der Waals surface area contributed by atoms with Gasteiger partial charge in [0.05, 0.1) is 39.1 Å². The SMILES string of the molecule is CN1CCN(CCCC(OC(N)=O)C2CN(C(=O)OC(C)(C)C)CC(OCc3ccc4ccccc4c3)C2c2ccc(OCCCOCc3ccccc3)cc2)CC1. The van der Waals surface area contributed by atoms with E-state index in [2.05, 4.69) is 71.4 Å². The molecule has 0 bridgehead atoms. The second kappa shape index (κ2) is 20.8. The molecule has 58 heavy (non-hydrogen) atoms. The fourth-order valence-electron chi connectivity index (χ4n) is 8.02. The number of hydrogen-bond acceptors (Lipinski definition) is 9. The number of rotatable bonds is 17. The van der Waals surface area contributed by atoms with E-state index in [1.54, 1.807) is 4.90 Å². The summed E-state index contributed by atoms with van der Waals surface area (Å²) in [5.74, 6) is 0.171. The first-order valence-corrected chi connectivity index (χ1v) is 20.8. The molecule has 4 atom stereocenters. The number of carbonyl (C=O) groups excluding carboxylic acids is 2. The number of ether oxygens (including phenoxy) is 5. The lowest BCUT2D eigenvalue weighted by Gasteiger charge is -2.46. The summed E-state index contributed by atoms with van der Waals surface area (Å²) in [6, 6.07) is 32.8. The van der Waals surface area contributed by atoms with Gasteiger partial charge in [0.15, 0.2) is 0 Å². The number of nitrogens with zero attached hydrogens (tertiary/aromatic N) is 3. The van der Waals surface area contributed by atoms with Crippen LogP contribution in [0.1, 0.15) is 62.6 Å². The van der Waals surface area contributed by atoms with Crippen molar-refractivity contribution in [3.8, 4) is 5.75 Å². The Morgan fingerprint density at radius 2 is 1.52 bits per heavy atom. The second-order valence-electron chi connectivity index (χ2n) is 16.7. The van der Waals surface area contributed by atoms with E-state index in [1.807, 2.05) is 63.2 Å². The van der Waals surface area contributed by atoms with Crippen LogP contribution in [0.2, 0.25) is 0 Å². The third-order valence-corrected chi connectivity index (χ3v) is 11.0. The molecular formula is C47H62N4O7. The van der Waals surface area contributed by atoms with Gasteiger partial charge in [0, 0.05) is 51.0 Å². The van der Waals surface area contributed by atoms with Crippen LogP contribution in [0, 0.1) is 5.92 Å². The minimum absolute atomic E-state index is 0.243. The standard InChI is InChI=1S/C47H62N4O7/c1-47(2,3)58-46(53)51-31-41(42(57-45(48)52)16-10-23-50-26-24-49(4)25-27-50)44(43(32-51)56-34-36-17-18-37-14-8-9-15-39(37)30-36)38-19-21-40(22-20-38)55-29-11-28-54-33-35-12-6-5-7-13-35/h5-9,12-15,17-22,30,41-44H,10-11,16,23-29,31-34H2,1-4H3,(H2,48,52). The van der Waals surface area contributed by atoms with E-state index >= 15 is 0 Å². The molecule has 2 saturated heterocycles. The maximum atomic E-state index is 13.8. The van der Waals surface area contributed by atoms with Crippen LogP contribution >= 0.6 is 0 Å². The Labute approximate surface area is 344 Å². The summed E-state index contributed by atoms with van der Waals surface area (Å²) in [4.78, 5) is 32.9. The molecule has 0 saturated carbocycles. The zero-order valence-corrected chi connectivity index (χ0v) is 34.7. The molecule has 2 aliphatic rings. The average molecular weight is 795 g/mol. The number of carbonyl (C=O) groups is 2. The monoisotopic (exact) mass is 794 g/mol. The largest absolute Gasteiger partial charge is 0.494 e. The normalized spacial score (nSPS) is 19.8. The Morgan fingerprint density at radius 1 is 0.793 bits per heavy atom. The molecule has 6 rings (SSSR count). The highest BCUT2D eigenvalue weighted by Gasteiger charge is 2.45. The highest BCUT2D eigenvalue weighted by Crippen LogP contribution is 2.41. The molecule has 4 aromatic rings. The van der Waals surface area contributed by atoms with Gasteiger partial charge in [-0.2, -0.15) is 0 Å². The summed E-state index contributed by atoms with van der Waals surface area (Å²) < 4.78 is 30.8. The maximum Gasteiger partial charge on any atom is 0.410 e. The quantitative estimate of drug-likeness (QED) is 0.107. The zero-order chi connectivity index (χ0) is 40.9. The van der Waals surface area contributed by atoms with Gasteiger partial charge >= 0.3 is 12.2 Å². The predicted molar refractivity (Wildman–Crippen MR) is 227 cm³/mol. The predicted octanol–water partition coefficient (Wildman–Crippen LogP) is 7.85. The zero-order valence-electron chi connectivity index (χ0n) is 34.7. The highest BCUT2D eigenvalue weighted by atomic mass is 16.6. The molecule has 0 radical (unpaired) electrons. The van der Waals surface area contributed by atoms with Crippen molar-refractivity contribution in [3.05, 3.63) is 114 Å². The molecule has 0 aromatic heterocycles. The number of benzene rings is 4. The van der Waals surface area contributed by atoms with Crippen molar-refractivity contribution < 1.29 is 33.3 Å². The van der Waals surface area contributed by atoms with Crippen molar-refractivity contribution in [2.24, 2.45) is 11.7 Å². The molecule has 0 spiro atoms. The summed E-state index contributed by atoms with van der Waals surface area (Å²) in [5, 5.41) is 2.29. The van der Waals surface area contributed by atoms with Crippen LogP contribution in [-0.4, -0.2) is 111 Å². The van der Waals surface area contributed by atoms with Crippen molar-refractivity contribution in [1.29, 1.82) is 0 Å². The number of likely N-dealkylation sites (N-methyl/N-ethyl adjacent to an activating group) is 1. The highest BCUT2D eigenvalue weighted by molar-refractivity contribution is 5.83. The number of likely N-dealkylation sites (tertiary alicyclic amines) is 1. The van der Waals surface area contributed by atoms with Gasteiger partial charge in [-0.3, -0.25) is 0 Å². The number of primary amides is 1. The molecule has 0 aliphatic carbocycles. The lowest BCUT2D eigenvalue weighted by molar-refractivity contribution is -0.0770. The van der Waals surface area contributed by atoms with E-state index in [9.17, 15) is 9.59 Å². The van der Waals surface area contributed by atoms with E-state index in [1.165, 1.54) is 0 Å². The lowest BCUT2D eigenvalue weighted by atomic mass is 9.74. The van der Waals surface area contributed by atoms with Gasteiger partial charge in [0.1, 0.15) is 17.5 Å². The third-order valence-electron chi connectivity index (χ3n) is 11.0. The molecule has 2 heterocycles. The van der Waals surface area contributed by atoms with Crippen molar-refractivity contribution >= 4 is 23.0 Å². The van der Waals surface area contributed by atoms with Crippen molar-refractivity contribution in [1.82, 2.24) is 14.7 Å². The van der Waals surface area contributed by atoms with Crippen LogP contribution in [0.4, 0.5) is 9.59 Å². The fourth-order valence-corrected chi connectivity index (χ4v) is 8.02. The van der Waals surface area contributed by atoms with E-state index < -0.39 is 30.0 Å². The van der Waals surface area contributed by atoms with Crippen LogP contribution in [0.25, 0.3) is 10.8 Å². The molecule has 11 nitrogen and oxygen atoms in total. The first-order valence-electron chi connectivity index (χ1n) is 20.8. The number of fused-ring (bicyclic) bond motifs is 1.